The molecule has 0 amide bonds. The Bertz CT molecular complexity index is 1840. The highest BCUT2D eigenvalue weighted by molar-refractivity contribution is 7.86. The first-order valence-electron chi connectivity index (χ1n) is 15.8. The second kappa shape index (κ2) is 14.3. The van der Waals surface area contributed by atoms with E-state index in [9.17, 15) is 25.9 Å². The molecule has 0 bridgehead atoms. The Morgan fingerprint density at radius 1 is 0.633 bits per heavy atom. The Hall–Kier alpha value is -4.24. The molecule has 2 aromatic carbocycles. The molecule has 262 valence electrons. The van der Waals surface area contributed by atoms with Crippen LogP contribution in [0.4, 0.5) is 11.6 Å². The molecule has 2 unspecified atom stereocenters. The Morgan fingerprint density at radius 3 is 1.24 bits per heavy atom. The number of methoxy groups -OCH3 is 2. The van der Waals surface area contributed by atoms with Gasteiger partial charge in [0.25, 0.3) is 20.2 Å². The Labute approximate surface area is 288 Å². The van der Waals surface area contributed by atoms with Gasteiger partial charge in [-0.3, -0.25) is 9.11 Å². The fraction of sp³-hybridized carbons (Fsp3) is 0.371. The van der Waals surface area contributed by atoms with Crippen molar-refractivity contribution in [1.29, 1.82) is 0 Å². The monoisotopic (exact) mass is 710 g/mol. The third-order valence-electron chi connectivity index (χ3n) is 8.89. The molecule has 1 aliphatic heterocycles. The number of aryl methyl sites for hydroxylation is 4. The third-order valence-corrected chi connectivity index (χ3v) is 10.4. The summed E-state index contributed by atoms with van der Waals surface area (Å²) in [5.74, 6) is 0.801. The number of hydrogen-bond donors (Lipinski definition) is 2. The van der Waals surface area contributed by atoms with Crippen molar-refractivity contribution in [3.8, 4) is 33.8 Å². The van der Waals surface area contributed by atoms with Gasteiger partial charge >= 0.3 is 0 Å². The Morgan fingerprint density at radius 2 is 0.980 bits per heavy atom. The van der Waals surface area contributed by atoms with Crippen LogP contribution in [-0.4, -0.2) is 86.8 Å². The largest absolute Gasteiger partial charge is 0.496 e. The summed E-state index contributed by atoms with van der Waals surface area (Å²) in [7, 11) is -5.98. The lowest BCUT2D eigenvalue weighted by molar-refractivity contribution is 0.408. The minimum absolute atomic E-state index is 0.300. The molecule has 1 aliphatic rings. The summed E-state index contributed by atoms with van der Waals surface area (Å²) in [4.78, 5) is 12.7. The third kappa shape index (κ3) is 8.32. The second-order valence-electron chi connectivity index (χ2n) is 12.5. The number of nitrogens with zero attached hydrogens (tertiary/aromatic N) is 4. The van der Waals surface area contributed by atoms with E-state index < -0.39 is 43.8 Å². The first-order valence-corrected chi connectivity index (χ1v) is 19.0. The second-order valence-corrected chi connectivity index (χ2v) is 15.5. The van der Waals surface area contributed by atoms with Crippen LogP contribution in [-0.2, 0) is 20.2 Å². The van der Waals surface area contributed by atoms with Crippen LogP contribution in [0.25, 0.3) is 22.3 Å². The van der Waals surface area contributed by atoms with Crippen LogP contribution in [0.3, 0.4) is 0 Å². The topological polar surface area (TPSA) is 159 Å². The summed E-state index contributed by atoms with van der Waals surface area (Å²) in [5, 5.41) is 0. The standard InChI is InChI=1S/C35H42N4O8S2/c1-22-14-28(15-23(2)34(22)46-5)26-8-10-32(36-18-26)38-12-7-13-39(31(21-49(43,44)45)30(38)20-48(40,41)42)33-11-9-27(19-37-33)29-16-24(3)35(47-6)25(4)17-29/h8-11,14-19,30-31H,7,12-13,20-21H2,1-6H3,(H,40,41,42)(H,43,44,45). The first kappa shape index (κ1) is 36.1. The van der Waals surface area contributed by atoms with Crippen molar-refractivity contribution in [2.75, 3.05) is 48.6 Å². The zero-order valence-electron chi connectivity index (χ0n) is 28.4. The van der Waals surface area contributed by atoms with Crippen molar-refractivity contribution in [3.05, 3.63) is 83.2 Å². The number of anilines is 2. The van der Waals surface area contributed by atoms with Crippen LogP contribution < -0.4 is 19.3 Å². The van der Waals surface area contributed by atoms with E-state index in [-0.39, 0.29) is 0 Å². The van der Waals surface area contributed by atoms with Gasteiger partial charge in [-0.1, -0.05) is 0 Å². The SMILES string of the molecule is COc1c(C)cc(-c2ccc(N3CCCN(c4ccc(-c5cc(C)c(OC)c(C)c5)cn4)C(CS(=O)(=O)O)C3CS(=O)(=O)O)nc2)cc1C. The van der Waals surface area contributed by atoms with E-state index in [1.807, 2.05) is 64.1 Å². The molecule has 1 saturated heterocycles. The summed E-state index contributed by atoms with van der Waals surface area (Å²) in [6.07, 6.45) is 3.82. The Kier molecular flexibility index (Phi) is 10.5. The lowest BCUT2D eigenvalue weighted by Crippen LogP contribution is -2.56. The van der Waals surface area contributed by atoms with E-state index in [4.69, 9.17) is 9.47 Å². The van der Waals surface area contributed by atoms with Gasteiger partial charge in [-0.25, -0.2) is 9.97 Å². The summed E-state index contributed by atoms with van der Waals surface area (Å²) >= 11 is 0. The molecule has 0 aliphatic carbocycles. The van der Waals surface area contributed by atoms with Gasteiger partial charge in [-0.2, -0.15) is 16.8 Å². The number of pyridine rings is 2. The van der Waals surface area contributed by atoms with E-state index >= 15 is 0 Å². The molecule has 4 aromatic rings. The fourth-order valence-corrected chi connectivity index (χ4v) is 8.56. The van der Waals surface area contributed by atoms with Crippen molar-refractivity contribution in [2.24, 2.45) is 0 Å². The number of benzene rings is 2. The summed E-state index contributed by atoms with van der Waals surface area (Å²) < 4.78 is 80.9. The quantitative estimate of drug-likeness (QED) is 0.205. The zero-order valence-corrected chi connectivity index (χ0v) is 30.0. The van der Waals surface area contributed by atoms with Gasteiger partial charge in [0, 0.05) is 36.6 Å². The van der Waals surface area contributed by atoms with Crippen LogP contribution in [0, 0.1) is 27.7 Å². The van der Waals surface area contributed by atoms with Crippen molar-refractivity contribution in [2.45, 2.75) is 46.2 Å². The molecule has 0 radical (unpaired) electrons. The molecular formula is C35H42N4O8S2. The predicted molar refractivity (Wildman–Crippen MR) is 191 cm³/mol. The molecule has 2 N–H and O–H groups in total. The van der Waals surface area contributed by atoms with Gasteiger partial charge in [0.15, 0.2) is 0 Å². The lowest BCUT2D eigenvalue weighted by atomic mass is 10.0. The summed E-state index contributed by atoms with van der Waals surface area (Å²) in [5.41, 5.74) is 7.34. The minimum Gasteiger partial charge on any atom is -0.496 e. The van der Waals surface area contributed by atoms with Crippen LogP contribution in [0.15, 0.2) is 60.9 Å². The average Bonchev–Trinajstić information content (AvgIpc) is 3.18. The van der Waals surface area contributed by atoms with Crippen LogP contribution >= 0.6 is 0 Å². The van der Waals surface area contributed by atoms with Crippen molar-refractivity contribution >= 4 is 31.9 Å². The van der Waals surface area contributed by atoms with E-state index in [1.54, 1.807) is 48.5 Å². The van der Waals surface area contributed by atoms with Crippen molar-refractivity contribution in [1.82, 2.24) is 9.97 Å². The van der Waals surface area contributed by atoms with Crippen LogP contribution in [0.5, 0.6) is 11.5 Å². The van der Waals surface area contributed by atoms with Gasteiger partial charge in [0.05, 0.1) is 37.8 Å². The minimum atomic E-state index is -4.61. The number of ether oxygens (including phenoxy) is 2. The van der Waals surface area contributed by atoms with Gasteiger partial charge in [-0.15, -0.1) is 0 Å². The van der Waals surface area contributed by atoms with Crippen LogP contribution in [0.2, 0.25) is 0 Å². The molecule has 0 saturated carbocycles. The van der Waals surface area contributed by atoms with Gasteiger partial charge in [-0.05, 0) is 116 Å². The smallest absolute Gasteiger partial charge is 0.266 e. The predicted octanol–water partition coefficient (Wildman–Crippen LogP) is 5.29. The number of rotatable bonds is 10. The maximum Gasteiger partial charge on any atom is 0.266 e. The first-order chi connectivity index (χ1) is 23.1. The fourth-order valence-electron chi connectivity index (χ4n) is 6.89. The zero-order chi connectivity index (χ0) is 35.7. The molecule has 2 atom stereocenters. The molecule has 2 aromatic heterocycles. The highest BCUT2D eigenvalue weighted by atomic mass is 32.2. The average molecular weight is 711 g/mol. The van der Waals surface area contributed by atoms with Gasteiger partial charge in [0.1, 0.15) is 23.1 Å². The van der Waals surface area contributed by atoms with Crippen LogP contribution in [0.1, 0.15) is 28.7 Å². The summed E-state index contributed by atoms with van der Waals surface area (Å²) in [6, 6.07) is 12.9. The summed E-state index contributed by atoms with van der Waals surface area (Å²) in [6.45, 7) is 8.43. The Balaban J connectivity index is 1.52. The van der Waals surface area contributed by atoms with Gasteiger partial charge < -0.3 is 19.3 Å². The van der Waals surface area contributed by atoms with E-state index in [0.29, 0.717) is 31.1 Å². The van der Waals surface area contributed by atoms with Gasteiger partial charge in [0.2, 0.25) is 0 Å². The molecule has 12 nitrogen and oxygen atoms in total. The number of aromatic nitrogens is 2. The van der Waals surface area contributed by atoms with E-state index in [0.717, 1.165) is 56.0 Å². The highest BCUT2D eigenvalue weighted by Crippen LogP contribution is 2.34. The molecule has 14 heteroatoms. The maximum absolute atomic E-state index is 12.4. The lowest BCUT2D eigenvalue weighted by Gasteiger charge is -2.39. The maximum atomic E-state index is 12.4. The van der Waals surface area contributed by atoms with Crippen molar-refractivity contribution < 1.29 is 35.4 Å². The molecule has 0 spiro atoms. The highest BCUT2D eigenvalue weighted by Gasteiger charge is 2.41. The van der Waals surface area contributed by atoms with E-state index in [1.165, 1.54) is 0 Å². The van der Waals surface area contributed by atoms with E-state index in [2.05, 4.69) is 9.97 Å². The normalized spacial score (nSPS) is 17.1. The molecule has 3 heterocycles. The molecular weight excluding hydrogens is 669 g/mol. The van der Waals surface area contributed by atoms with Crippen molar-refractivity contribution in [3.63, 3.8) is 0 Å². The molecule has 49 heavy (non-hydrogen) atoms. The number of hydrogen-bond acceptors (Lipinski definition) is 10. The molecule has 5 rings (SSSR count). The molecule has 1 fully saturated rings.